The van der Waals surface area contributed by atoms with Crippen molar-refractivity contribution in [1.29, 1.82) is 0 Å². The summed E-state index contributed by atoms with van der Waals surface area (Å²) in [6.45, 7) is 1.68. The zero-order chi connectivity index (χ0) is 20.1. The number of anilines is 1. The Morgan fingerprint density at radius 1 is 1.21 bits per heavy atom. The van der Waals surface area contributed by atoms with Gasteiger partial charge in [-0.15, -0.1) is 11.3 Å². The van der Waals surface area contributed by atoms with Crippen LogP contribution in [0.1, 0.15) is 32.6 Å². The number of carbonyl (C=O) groups is 2. The molecule has 0 radical (unpaired) electrons. The molecular weight excluding hydrogens is 378 g/mol. The Bertz CT molecular complexity index is 846. The van der Waals surface area contributed by atoms with Crippen molar-refractivity contribution in [3.8, 4) is 22.8 Å². The minimum atomic E-state index is -0.615. The number of carbonyl (C=O) groups excluding carboxylic acids is 2. The summed E-state index contributed by atoms with van der Waals surface area (Å²) >= 11 is 1.32. The molecule has 1 heterocycles. The summed E-state index contributed by atoms with van der Waals surface area (Å²) in [5.74, 6) is 1.04. The summed E-state index contributed by atoms with van der Waals surface area (Å²) in [6.07, 6.45) is 3.96. The van der Waals surface area contributed by atoms with E-state index < -0.39 is 6.04 Å². The lowest BCUT2D eigenvalue weighted by Crippen LogP contribution is -2.43. The van der Waals surface area contributed by atoms with Crippen molar-refractivity contribution < 1.29 is 19.1 Å². The Morgan fingerprint density at radius 3 is 2.64 bits per heavy atom. The normalized spacial score (nSPS) is 15.1. The smallest absolute Gasteiger partial charge is 0.248 e. The van der Waals surface area contributed by atoms with Crippen LogP contribution in [-0.2, 0) is 9.59 Å². The second kappa shape index (κ2) is 9.05. The molecule has 2 N–H and O–H groups in total. The number of nitrogens with zero attached hydrogens (tertiary/aromatic N) is 1. The largest absolute Gasteiger partial charge is 0.497 e. The molecule has 1 aliphatic rings. The minimum Gasteiger partial charge on any atom is -0.497 e. The van der Waals surface area contributed by atoms with Crippen LogP contribution in [0.4, 0.5) is 5.13 Å². The van der Waals surface area contributed by atoms with Crippen molar-refractivity contribution in [2.75, 3.05) is 19.5 Å². The van der Waals surface area contributed by atoms with Crippen molar-refractivity contribution in [2.24, 2.45) is 5.92 Å². The zero-order valence-electron chi connectivity index (χ0n) is 16.3. The number of benzene rings is 1. The van der Waals surface area contributed by atoms with E-state index >= 15 is 0 Å². The van der Waals surface area contributed by atoms with E-state index in [9.17, 15) is 9.59 Å². The quantitative estimate of drug-likeness (QED) is 0.739. The maximum Gasteiger partial charge on any atom is 0.248 e. The molecule has 1 fully saturated rings. The summed E-state index contributed by atoms with van der Waals surface area (Å²) in [5.41, 5.74) is 1.50. The highest BCUT2D eigenvalue weighted by atomic mass is 32.1. The van der Waals surface area contributed by atoms with E-state index in [-0.39, 0.29) is 17.7 Å². The zero-order valence-corrected chi connectivity index (χ0v) is 17.1. The van der Waals surface area contributed by atoms with Crippen LogP contribution >= 0.6 is 11.3 Å². The molecule has 1 atom stereocenters. The highest BCUT2D eigenvalue weighted by molar-refractivity contribution is 7.14. The number of aromatic nitrogens is 1. The summed E-state index contributed by atoms with van der Waals surface area (Å²) in [5, 5.41) is 7.90. The van der Waals surface area contributed by atoms with Crippen molar-refractivity contribution >= 4 is 28.3 Å². The molecule has 150 valence electrons. The standard InChI is InChI=1S/C20H25N3O4S/c1-12(21-19(25)13-6-4-5-7-13)18(24)23-20-22-16(11-28-20)15-9-8-14(26-2)10-17(15)27-3/h8-13H,4-7H2,1-3H3,(H,21,25)(H,22,23,24)/t12-/m1/s1. The van der Waals surface area contributed by atoms with Gasteiger partial charge < -0.3 is 20.1 Å². The van der Waals surface area contributed by atoms with Gasteiger partial charge in [0.2, 0.25) is 11.8 Å². The summed E-state index contributed by atoms with van der Waals surface area (Å²) in [4.78, 5) is 29.1. The maximum atomic E-state index is 12.4. The van der Waals surface area contributed by atoms with Gasteiger partial charge in [0.15, 0.2) is 5.13 Å². The van der Waals surface area contributed by atoms with E-state index in [0.29, 0.717) is 22.3 Å². The summed E-state index contributed by atoms with van der Waals surface area (Å²) in [6, 6.07) is 4.86. The van der Waals surface area contributed by atoms with E-state index in [1.807, 2.05) is 17.5 Å². The molecule has 0 aliphatic heterocycles. The van der Waals surface area contributed by atoms with Gasteiger partial charge in [0.25, 0.3) is 0 Å². The number of methoxy groups -OCH3 is 2. The molecule has 3 rings (SSSR count). The van der Waals surface area contributed by atoms with Gasteiger partial charge in [0.05, 0.1) is 19.9 Å². The predicted molar refractivity (Wildman–Crippen MR) is 109 cm³/mol. The lowest BCUT2D eigenvalue weighted by Gasteiger charge is -2.16. The molecule has 0 unspecified atom stereocenters. The number of hydrogen-bond acceptors (Lipinski definition) is 6. The van der Waals surface area contributed by atoms with Crippen LogP contribution < -0.4 is 20.1 Å². The van der Waals surface area contributed by atoms with Crippen molar-refractivity contribution in [3.05, 3.63) is 23.6 Å². The number of ether oxygens (including phenoxy) is 2. The van der Waals surface area contributed by atoms with Gasteiger partial charge in [-0.2, -0.15) is 0 Å². The fourth-order valence-corrected chi connectivity index (χ4v) is 3.98. The van der Waals surface area contributed by atoms with Crippen molar-refractivity contribution in [3.63, 3.8) is 0 Å². The predicted octanol–water partition coefficient (Wildman–Crippen LogP) is 3.46. The fraction of sp³-hybridized carbons (Fsp3) is 0.450. The third kappa shape index (κ3) is 4.62. The highest BCUT2D eigenvalue weighted by Crippen LogP contribution is 2.34. The molecule has 2 aromatic rings. The average molecular weight is 404 g/mol. The second-order valence-corrected chi connectivity index (χ2v) is 7.66. The Morgan fingerprint density at radius 2 is 1.96 bits per heavy atom. The van der Waals surface area contributed by atoms with Crippen LogP contribution in [0.5, 0.6) is 11.5 Å². The summed E-state index contributed by atoms with van der Waals surface area (Å²) < 4.78 is 10.6. The van der Waals surface area contributed by atoms with Gasteiger partial charge in [-0.05, 0) is 31.9 Å². The first-order chi connectivity index (χ1) is 13.5. The molecule has 7 nitrogen and oxygen atoms in total. The van der Waals surface area contributed by atoms with Crippen LogP contribution in [-0.4, -0.2) is 37.1 Å². The van der Waals surface area contributed by atoms with E-state index in [1.165, 1.54) is 11.3 Å². The average Bonchev–Trinajstić information content (AvgIpc) is 3.39. The molecule has 1 aromatic heterocycles. The first kappa shape index (κ1) is 20.1. The first-order valence-electron chi connectivity index (χ1n) is 9.31. The summed E-state index contributed by atoms with van der Waals surface area (Å²) in [7, 11) is 3.18. The number of thiazole rings is 1. The first-order valence-corrected chi connectivity index (χ1v) is 10.2. The number of nitrogens with one attached hydrogen (secondary N) is 2. The minimum absolute atomic E-state index is 0.0317. The third-order valence-electron chi connectivity index (χ3n) is 4.90. The Balaban J connectivity index is 1.64. The monoisotopic (exact) mass is 403 g/mol. The Kier molecular flexibility index (Phi) is 6.51. The molecule has 0 saturated heterocycles. The molecule has 1 saturated carbocycles. The van der Waals surface area contributed by atoms with Gasteiger partial charge in [0.1, 0.15) is 17.5 Å². The van der Waals surface area contributed by atoms with Gasteiger partial charge in [-0.3, -0.25) is 9.59 Å². The third-order valence-corrected chi connectivity index (χ3v) is 5.65. The Labute approximate surface area is 168 Å². The van der Waals surface area contributed by atoms with Crippen LogP contribution in [0.2, 0.25) is 0 Å². The number of rotatable bonds is 7. The molecule has 1 aromatic carbocycles. The number of amides is 2. The van der Waals surface area contributed by atoms with E-state index in [4.69, 9.17) is 9.47 Å². The molecule has 0 spiro atoms. The number of hydrogen-bond donors (Lipinski definition) is 2. The van der Waals surface area contributed by atoms with Crippen LogP contribution in [0, 0.1) is 5.92 Å². The topological polar surface area (TPSA) is 89.6 Å². The van der Waals surface area contributed by atoms with Crippen molar-refractivity contribution in [1.82, 2.24) is 10.3 Å². The molecule has 28 heavy (non-hydrogen) atoms. The highest BCUT2D eigenvalue weighted by Gasteiger charge is 2.25. The van der Waals surface area contributed by atoms with Crippen LogP contribution in [0.3, 0.4) is 0 Å². The molecule has 8 heteroatoms. The molecular formula is C20H25N3O4S. The lowest BCUT2D eigenvalue weighted by atomic mass is 10.1. The van der Waals surface area contributed by atoms with Crippen LogP contribution in [0.15, 0.2) is 23.6 Å². The molecule has 2 amide bonds. The van der Waals surface area contributed by atoms with E-state index in [2.05, 4.69) is 15.6 Å². The van der Waals surface area contributed by atoms with Gasteiger partial charge in [-0.1, -0.05) is 12.8 Å². The van der Waals surface area contributed by atoms with E-state index in [0.717, 1.165) is 31.2 Å². The van der Waals surface area contributed by atoms with Gasteiger partial charge in [-0.25, -0.2) is 4.98 Å². The van der Waals surface area contributed by atoms with Crippen LogP contribution in [0.25, 0.3) is 11.3 Å². The molecule has 0 bridgehead atoms. The second-order valence-electron chi connectivity index (χ2n) is 6.81. The molecule has 1 aliphatic carbocycles. The van der Waals surface area contributed by atoms with Gasteiger partial charge in [0, 0.05) is 22.9 Å². The van der Waals surface area contributed by atoms with E-state index in [1.54, 1.807) is 27.2 Å². The van der Waals surface area contributed by atoms with Crippen molar-refractivity contribution in [2.45, 2.75) is 38.6 Å². The Hall–Kier alpha value is -2.61. The maximum absolute atomic E-state index is 12.4. The SMILES string of the molecule is COc1ccc(-c2csc(NC(=O)[C@@H](C)NC(=O)C3CCCC3)n2)c(OC)c1. The van der Waals surface area contributed by atoms with Gasteiger partial charge >= 0.3 is 0 Å². The lowest BCUT2D eigenvalue weighted by molar-refractivity contribution is -0.128. The fourth-order valence-electron chi connectivity index (χ4n) is 3.26.